The maximum absolute atomic E-state index is 12.6. The molecule has 0 unspecified atom stereocenters. The van der Waals surface area contributed by atoms with Crippen LogP contribution in [0.15, 0.2) is 6.07 Å². The third-order valence-electron chi connectivity index (χ3n) is 3.53. The summed E-state index contributed by atoms with van der Waals surface area (Å²) in [6.07, 6.45) is 0.420. The molecule has 22 heavy (non-hydrogen) atoms. The fourth-order valence-corrected chi connectivity index (χ4v) is 3.60. The van der Waals surface area contributed by atoms with E-state index in [1.54, 1.807) is 16.7 Å². The minimum absolute atomic E-state index is 0.0191. The molecule has 1 aliphatic rings. The summed E-state index contributed by atoms with van der Waals surface area (Å²) in [5.74, 6) is 1.78. The summed E-state index contributed by atoms with van der Waals surface area (Å²) in [7, 11) is 0. The van der Waals surface area contributed by atoms with Gasteiger partial charge in [0.2, 0.25) is 11.8 Å². The average Bonchev–Trinajstić information content (AvgIpc) is 3.03. The molecular weight excluding hydrogens is 300 g/mol. The van der Waals surface area contributed by atoms with Crippen LogP contribution in [0, 0.1) is 6.92 Å². The predicted octanol–water partition coefficient (Wildman–Crippen LogP) is 2.20. The fraction of sp³-hybridized carbons (Fsp3) is 0.667. The Balaban J connectivity index is 2.17. The van der Waals surface area contributed by atoms with E-state index < -0.39 is 6.04 Å². The van der Waals surface area contributed by atoms with Gasteiger partial charge in [0, 0.05) is 18.2 Å². The molecular formula is C15H24N4O2S. The first-order chi connectivity index (χ1) is 10.2. The van der Waals surface area contributed by atoms with Crippen LogP contribution in [0.5, 0.6) is 0 Å². The average molecular weight is 324 g/mol. The third kappa shape index (κ3) is 3.45. The van der Waals surface area contributed by atoms with E-state index in [-0.39, 0.29) is 17.4 Å². The monoisotopic (exact) mass is 324 g/mol. The molecule has 2 heterocycles. The molecule has 0 radical (unpaired) electrons. The smallest absolute Gasteiger partial charge is 0.249 e. The van der Waals surface area contributed by atoms with Crippen molar-refractivity contribution in [3.63, 3.8) is 0 Å². The van der Waals surface area contributed by atoms with Gasteiger partial charge in [-0.3, -0.25) is 9.59 Å². The van der Waals surface area contributed by atoms with Gasteiger partial charge in [-0.15, -0.1) is 11.8 Å². The van der Waals surface area contributed by atoms with E-state index in [2.05, 4.69) is 10.4 Å². The lowest BCUT2D eigenvalue weighted by Crippen LogP contribution is -2.44. The van der Waals surface area contributed by atoms with Crippen molar-refractivity contribution in [3.05, 3.63) is 11.8 Å². The van der Waals surface area contributed by atoms with Crippen molar-refractivity contribution in [2.45, 2.75) is 52.6 Å². The molecule has 1 N–H and O–H groups in total. The quantitative estimate of drug-likeness (QED) is 0.925. The second-order valence-electron chi connectivity index (χ2n) is 6.48. The minimum Gasteiger partial charge on any atom is -0.321 e. The molecule has 0 spiro atoms. The van der Waals surface area contributed by atoms with Crippen molar-refractivity contribution in [2.24, 2.45) is 0 Å². The number of carbonyl (C=O) groups excluding carboxylic acids is 2. The Labute approximate surface area is 135 Å². The lowest BCUT2D eigenvalue weighted by Gasteiger charge is -2.25. The Morgan fingerprint density at radius 2 is 2.14 bits per heavy atom. The zero-order chi connectivity index (χ0) is 16.5. The molecule has 1 aromatic rings. The zero-order valence-corrected chi connectivity index (χ0v) is 14.7. The normalized spacial score (nSPS) is 18.6. The summed E-state index contributed by atoms with van der Waals surface area (Å²) in [6.45, 7) is 9.82. The Hall–Kier alpha value is -1.50. The molecule has 0 saturated carbocycles. The number of amides is 2. The van der Waals surface area contributed by atoms with Crippen LogP contribution in [0.3, 0.4) is 0 Å². The van der Waals surface area contributed by atoms with E-state index in [9.17, 15) is 9.59 Å². The van der Waals surface area contributed by atoms with Crippen LogP contribution in [-0.4, -0.2) is 44.2 Å². The van der Waals surface area contributed by atoms with Crippen LogP contribution in [-0.2, 0) is 15.1 Å². The van der Waals surface area contributed by atoms with Gasteiger partial charge in [-0.1, -0.05) is 6.92 Å². The predicted molar refractivity (Wildman–Crippen MR) is 88.8 cm³/mol. The van der Waals surface area contributed by atoms with E-state index in [0.29, 0.717) is 23.9 Å². The number of aryl methyl sites for hydroxylation is 1. The second-order valence-corrected chi connectivity index (χ2v) is 7.48. The Morgan fingerprint density at radius 3 is 2.73 bits per heavy atom. The van der Waals surface area contributed by atoms with Crippen molar-refractivity contribution >= 4 is 29.4 Å². The topological polar surface area (TPSA) is 67.2 Å². The minimum atomic E-state index is -0.402. The van der Waals surface area contributed by atoms with Crippen LogP contribution < -0.4 is 5.32 Å². The van der Waals surface area contributed by atoms with Crippen molar-refractivity contribution in [1.29, 1.82) is 0 Å². The van der Waals surface area contributed by atoms with E-state index in [4.69, 9.17) is 0 Å². The van der Waals surface area contributed by atoms with Crippen LogP contribution in [0.2, 0.25) is 0 Å². The van der Waals surface area contributed by atoms with Crippen molar-refractivity contribution in [3.8, 4) is 0 Å². The largest absolute Gasteiger partial charge is 0.321 e. The summed E-state index contributed by atoms with van der Waals surface area (Å²) in [4.78, 5) is 26.2. The fourth-order valence-electron chi connectivity index (χ4n) is 2.42. The molecule has 2 amide bonds. The number of nitrogens with one attached hydrogen (secondary N) is 1. The SMILES string of the molecule is CCC(=O)N1CSC[C@@H]1C(=O)Nc1cc(C)nn1C(C)(C)C. The molecule has 2 rings (SSSR count). The number of aromatic nitrogens is 2. The first kappa shape index (κ1) is 16.9. The summed E-state index contributed by atoms with van der Waals surface area (Å²) in [5, 5.41) is 7.39. The number of rotatable bonds is 3. The lowest BCUT2D eigenvalue weighted by atomic mass is 10.1. The van der Waals surface area contributed by atoms with Crippen molar-refractivity contribution in [1.82, 2.24) is 14.7 Å². The van der Waals surface area contributed by atoms with Gasteiger partial charge in [-0.25, -0.2) is 4.68 Å². The van der Waals surface area contributed by atoms with E-state index in [1.807, 2.05) is 45.4 Å². The molecule has 1 saturated heterocycles. The van der Waals surface area contributed by atoms with Gasteiger partial charge in [0.15, 0.2) is 0 Å². The molecule has 1 aromatic heterocycles. The number of anilines is 1. The van der Waals surface area contributed by atoms with E-state index >= 15 is 0 Å². The number of hydrogen-bond donors (Lipinski definition) is 1. The molecule has 1 fully saturated rings. The first-order valence-corrected chi connectivity index (χ1v) is 8.64. The highest BCUT2D eigenvalue weighted by Crippen LogP contribution is 2.25. The number of nitrogens with zero attached hydrogens (tertiary/aromatic N) is 3. The van der Waals surface area contributed by atoms with Gasteiger partial charge in [-0.05, 0) is 27.7 Å². The summed E-state index contributed by atoms with van der Waals surface area (Å²) >= 11 is 1.61. The summed E-state index contributed by atoms with van der Waals surface area (Å²) in [6, 6.07) is 1.46. The molecule has 7 heteroatoms. The van der Waals surface area contributed by atoms with Gasteiger partial charge in [0.1, 0.15) is 11.9 Å². The third-order valence-corrected chi connectivity index (χ3v) is 4.54. The Bertz CT molecular complexity index is 577. The van der Waals surface area contributed by atoms with Crippen LogP contribution in [0.4, 0.5) is 5.82 Å². The number of carbonyl (C=O) groups is 2. The number of hydrogen-bond acceptors (Lipinski definition) is 4. The van der Waals surface area contributed by atoms with Gasteiger partial charge < -0.3 is 10.2 Å². The number of thioether (sulfide) groups is 1. The maximum Gasteiger partial charge on any atom is 0.249 e. The second kappa shape index (κ2) is 6.32. The van der Waals surface area contributed by atoms with Crippen LogP contribution in [0.25, 0.3) is 0 Å². The maximum atomic E-state index is 12.6. The Kier molecular flexibility index (Phi) is 4.84. The molecule has 1 aliphatic heterocycles. The molecule has 1 atom stereocenters. The zero-order valence-electron chi connectivity index (χ0n) is 13.8. The van der Waals surface area contributed by atoms with Crippen LogP contribution in [0.1, 0.15) is 39.8 Å². The van der Waals surface area contributed by atoms with Gasteiger partial charge in [0.05, 0.1) is 17.1 Å². The van der Waals surface area contributed by atoms with Crippen molar-refractivity contribution in [2.75, 3.05) is 16.9 Å². The highest BCUT2D eigenvalue weighted by molar-refractivity contribution is 7.99. The van der Waals surface area contributed by atoms with Crippen molar-refractivity contribution < 1.29 is 9.59 Å². The van der Waals surface area contributed by atoms with E-state index in [0.717, 1.165) is 5.69 Å². The van der Waals surface area contributed by atoms with Gasteiger partial charge >= 0.3 is 0 Å². The highest BCUT2D eigenvalue weighted by Gasteiger charge is 2.34. The first-order valence-electron chi connectivity index (χ1n) is 7.49. The molecule has 0 aromatic carbocycles. The van der Waals surface area contributed by atoms with Crippen LogP contribution >= 0.6 is 11.8 Å². The van der Waals surface area contributed by atoms with E-state index in [1.165, 1.54) is 0 Å². The highest BCUT2D eigenvalue weighted by atomic mass is 32.2. The van der Waals surface area contributed by atoms with Gasteiger partial charge in [-0.2, -0.15) is 5.10 Å². The standard InChI is InChI=1S/C15H24N4O2S/c1-6-13(20)18-9-22-8-11(18)14(21)16-12-7-10(2)17-19(12)15(3,4)5/h7,11H,6,8-9H2,1-5H3,(H,16,21)/t11-/m1/s1. The molecule has 6 nitrogen and oxygen atoms in total. The summed E-state index contributed by atoms with van der Waals surface area (Å²) < 4.78 is 1.81. The molecule has 0 bridgehead atoms. The lowest BCUT2D eigenvalue weighted by molar-refractivity contribution is -0.135. The van der Waals surface area contributed by atoms with Gasteiger partial charge in [0.25, 0.3) is 0 Å². The molecule has 122 valence electrons. The Morgan fingerprint density at radius 1 is 1.45 bits per heavy atom. The summed E-state index contributed by atoms with van der Waals surface area (Å²) in [5.41, 5.74) is 0.632. The molecule has 0 aliphatic carbocycles.